The molecule has 1 saturated heterocycles. The number of aromatic nitrogens is 2. The van der Waals surface area contributed by atoms with Crippen LogP contribution >= 0.6 is 22.7 Å². The molecule has 0 aliphatic carbocycles. The molecule has 9 heteroatoms. The van der Waals surface area contributed by atoms with Crippen molar-refractivity contribution >= 4 is 54.5 Å². The average Bonchev–Trinajstić information content (AvgIpc) is 3.55. The molecule has 0 spiro atoms. The van der Waals surface area contributed by atoms with Crippen LogP contribution in [0.25, 0.3) is 20.4 Å². The van der Waals surface area contributed by atoms with E-state index in [9.17, 15) is 8.78 Å². The van der Waals surface area contributed by atoms with Gasteiger partial charge in [-0.25, -0.2) is 18.7 Å². The number of nitrogens with zero attached hydrogens (tertiary/aromatic N) is 3. The molecule has 1 unspecified atom stereocenters. The Balaban J connectivity index is 0.000000189. The first-order valence-corrected chi connectivity index (χ1v) is 12.5. The van der Waals surface area contributed by atoms with Gasteiger partial charge in [0.15, 0.2) is 11.6 Å². The zero-order valence-electron chi connectivity index (χ0n) is 18.1. The van der Waals surface area contributed by atoms with Gasteiger partial charge in [0.2, 0.25) is 0 Å². The van der Waals surface area contributed by atoms with Crippen molar-refractivity contribution in [2.45, 2.75) is 32.7 Å². The smallest absolute Gasteiger partial charge is 0.176 e. The maximum absolute atomic E-state index is 14.4. The van der Waals surface area contributed by atoms with E-state index in [1.807, 2.05) is 11.4 Å². The maximum Gasteiger partial charge on any atom is 0.176 e. The van der Waals surface area contributed by atoms with Gasteiger partial charge in [-0.1, -0.05) is 6.92 Å². The molecular formula is C23H26F2N4OS2. The highest BCUT2D eigenvalue weighted by Crippen LogP contribution is 2.34. The molecule has 170 valence electrons. The summed E-state index contributed by atoms with van der Waals surface area (Å²) >= 11 is 2.68. The first-order chi connectivity index (χ1) is 15.6. The Morgan fingerprint density at radius 1 is 1.22 bits per heavy atom. The molecule has 0 saturated carbocycles. The number of likely N-dealkylation sites (N-methyl/N-ethyl adjacent to an activating group) is 1. The number of rotatable bonds is 6. The minimum Gasteiger partial charge on any atom is -0.380 e. The average molecular weight is 477 g/mol. The zero-order chi connectivity index (χ0) is 22.5. The van der Waals surface area contributed by atoms with E-state index in [2.05, 4.69) is 34.0 Å². The molecule has 3 aromatic heterocycles. The molecule has 4 heterocycles. The monoisotopic (exact) mass is 476 g/mol. The molecule has 1 fully saturated rings. The standard InChI is InChI=1S/C14H7F2N3S2.C9H19NO/c15-8-5-10-13(18-6-21-10)11(16)12(8)19-9-1-3-17-14-7(9)2-4-20-14;1-3-10-7-5-6-9(10)8-11-4-2/h1-6H,(H,17,19);9H,3-8H2,1-2H3. The summed E-state index contributed by atoms with van der Waals surface area (Å²) in [5.41, 5.74) is 2.11. The molecule has 1 N–H and O–H groups in total. The number of hydrogen-bond donors (Lipinski definition) is 1. The first-order valence-electron chi connectivity index (χ1n) is 10.7. The van der Waals surface area contributed by atoms with E-state index in [1.165, 1.54) is 60.2 Å². The van der Waals surface area contributed by atoms with Crippen LogP contribution in [-0.4, -0.2) is 47.2 Å². The number of thiazole rings is 1. The number of nitrogens with one attached hydrogen (secondary N) is 1. The lowest BCUT2D eigenvalue weighted by molar-refractivity contribution is 0.0874. The normalized spacial score (nSPS) is 16.4. The lowest BCUT2D eigenvalue weighted by Gasteiger charge is -2.21. The second-order valence-corrected chi connectivity index (χ2v) is 9.23. The van der Waals surface area contributed by atoms with Crippen molar-refractivity contribution in [1.82, 2.24) is 14.9 Å². The fraction of sp³-hybridized carbons (Fsp3) is 0.391. The molecule has 1 atom stereocenters. The SMILES string of the molecule is CCOCC1CCCN1CC.Fc1cc2scnc2c(F)c1Nc1ccnc2sccc12. The van der Waals surface area contributed by atoms with Crippen molar-refractivity contribution in [2.24, 2.45) is 0 Å². The van der Waals surface area contributed by atoms with Gasteiger partial charge in [0.25, 0.3) is 0 Å². The van der Waals surface area contributed by atoms with Gasteiger partial charge in [-0.3, -0.25) is 4.90 Å². The molecule has 5 rings (SSSR count). The van der Waals surface area contributed by atoms with E-state index < -0.39 is 11.6 Å². The fourth-order valence-corrected chi connectivity index (χ4v) is 5.38. The Morgan fingerprint density at radius 3 is 2.91 bits per heavy atom. The third-order valence-electron chi connectivity index (χ3n) is 5.57. The van der Waals surface area contributed by atoms with Crippen molar-refractivity contribution in [3.8, 4) is 0 Å². The van der Waals surface area contributed by atoms with E-state index in [-0.39, 0.29) is 11.2 Å². The molecule has 0 bridgehead atoms. The predicted molar refractivity (Wildman–Crippen MR) is 129 cm³/mol. The van der Waals surface area contributed by atoms with Crippen molar-refractivity contribution < 1.29 is 13.5 Å². The lowest BCUT2D eigenvalue weighted by atomic mass is 10.2. The van der Waals surface area contributed by atoms with Crippen LogP contribution in [0.15, 0.2) is 35.3 Å². The van der Waals surface area contributed by atoms with Crippen LogP contribution in [0.3, 0.4) is 0 Å². The third kappa shape index (κ3) is 4.91. The van der Waals surface area contributed by atoms with Gasteiger partial charge < -0.3 is 10.1 Å². The van der Waals surface area contributed by atoms with Gasteiger partial charge in [-0.15, -0.1) is 22.7 Å². The van der Waals surface area contributed by atoms with E-state index >= 15 is 0 Å². The topological polar surface area (TPSA) is 50.3 Å². The number of thiophene rings is 1. The minimum absolute atomic E-state index is 0.180. The Hall–Kier alpha value is -2.20. The second kappa shape index (κ2) is 10.6. The summed E-state index contributed by atoms with van der Waals surface area (Å²) < 4.78 is 34.4. The maximum atomic E-state index is 14.4. The molecule has 1 aliphatic heterocycles. The largest absolute Gasteiger partial charge is 0.380 e. The summed E-state index contributed by atoms with van der Waals surface area (Å²) in [6, 6.07) is 5.57. The molecule has 4 aromatic rings. The van der Waals surface area contributed by atoms with Gasteiger partial charge in [0, 0.05) is 24.2 Å². The van der Waals surface area contributed by atoms with Crippen LogP contribution in [-0.2, 0) is 4.74 Å². The molecule has 5 nitrogen and oxygen atoms in total. The van der Waals surface area contributed by atoms with Crippen molar-refractivity contribution in [3.05, 3.63) is 46.9 Å². The lowest BCUT2D eigenvalue weighted by Crippen LogP contribution is -2.32. The van der Waals surface area contributed by atoms with E-state index in [1.54, 1.807) is 12.3 Å². The van der Waals surface area contributed by atoms with Crippen molar-refractivity contribution in [1.29, 1.82) is 0 Å². The number of anilines is 2. The van der Waals surface area contributed by atoms with Crippen LogP contribution < -0.4 is 5.32 Å². The number of fused-ring (bicyclic) bond motifs is 2. The van der Waals surface area contributed by atoms with Crippen LogP contribution in [0.5, 0.6) is 0 Å². The summed E-state index contributed by atoms with van der Waals surface area (Å²) in [7, 11) is 0. The molecule has 1 aliphatic rings. The summed E-state index contributed by atoms with van der Waals surface area (Å²) in [6.07, 6.45) is 4.29. The number of ether oxygens (including phenoxy) is 1. The number of benzene rings is 1. The fourth-order valence-electron chi connectivity index (χ4n) is 3.92. The minimum atomic E-state index is -0.675. The number of likely N-dealkylation sites (tertiary alicyclic amines) is 1. The predicted octanol–water partition coefficient (Wildman–Crippen LogP) is 6.44. The van der Waals surface area contributed by atoms with E-state index in [0.29, 0.717) is 16.4 Å². The highest BCUT2D eigenvalue weighted by Gasteiger charge is 2.22. The Labute approximate surface area is 194 Å². The van der Waals surface area contributed by atoms with Gasteiger partial charge in [-0.2, -0.15) is 0 Å². The second-order valence-electron chi connectivity index (χ2n) is 7.45. The van der Waals surface area contributed by atoms with Crippen molar-refractivity contribution in [2.75, 3.05) is 31.6 Å². The highest BCUT2D eigenvalue weighted by molar-refractivity contribution is 7.17. The van der Waals surface area contributed by atoms with Gasteiger partial charge in [0.1, 0.15) is 16.0 Å². The van der Waals surface area contributed by atoms with Gasteiger partial charge in [-0.05, 0) is 56.4 Å². The summed E-state index contributed by atoms with van der Waals surface area (Å²) in [5, 5.41) is 5.55. The van der Waals surface area contributed by atoms with Crippen molar-refractivity contribution in [3.63, 3.8) is 0 Å². The molecule has 0 amide bonds. The van der Waals surface area contributed by atoms with Crippen LogP contribution in [0.4, 0.5) is 20.2 Å². The Morgan fingerprint density at radius 2 is 2.09 bits per heavy atom. The van der Waals surface area contributed by atoms with Gasteiger partial charge >= 0.3 is 0 Å². The first kappa shape index (κ1) is 23.0. The van der Waals surface area contributed by atoms with Crippen LogP contribution in [0, 0.1) is 11.6 Å². The molecule has 0 radical (unpaired) electrons. The van der Waals surface area contributed by atoms with E-state index in [0.717, 1.165) is 23.4 Å². The van der Waals surface area contributed by atoms with E-state index in [4.69, 9.17) is 4.74 Å². The van der Waals surface area contributed by atoms with Crippen LogP contribution in [0.1, 0.15) is 26.7 Å². The number of halogens is 2. The van der Waals surface area contributed by atoms with Crippen LogP contribution in [0.2, 0.25) is 0 Å². The third-order valence-corrected chi connectivity index (χ3v) is 7.16. The van der Waals surface area contributed by atoms with Gasteiger partial charge in [0.05, 0.1) is 22.5 Å². The summed E-state index contributed by atoms with van der Waals surface area (Å²) in [6.45, 7) is 8.53. The molecular weight excluding hydrogens is 450 g/mol. The molecule has 32 heavy (non-hydrogen) atoms. The summed E-state index contributed by atoms with van der Waals surface area (Å²) in [4.78, 5) is 11.5. The molecule has 1 aromatic carbocycles. The number of pyridine rings is 1. The summed E-state index contributed by atoms with van der Waals surface area (Å²) in [5.74, 6) is -1.31. The number of hydrogen-bond acceptors (Lipinski definition) is 7. The zero-order valence-corrected chi connectivity index (χ0v) is 19.7. The quantitative estimate of drug-likeness (QED) is 0.347. The highest BCUT2D eigenvalue weighted by atomic mass is 32.1. The Bertz CT molecular complexity index is 1180. The Kier molecular flexibility index (Phi) is 7.62.